The Balaban J connectivity index is 2.32. The predicted molar refractivity (Wildman–Crippen MR) is 62.9 cm³/mol. The van der Waals surface area contributed by atoms with Gasteiger partial charge in [0.25, 0.3) is 0 Å². The molecule has 16 heavy (non-hydrogen) atoms. The second kappa shape index (κ2) is 5.99. The van der Waals surface area contributed by atoms with Crippen LogP contribution in [0, 0.1) is 5.92 Å². The summed E-state index contributed by atoms with van der Waals surface area (Å²) in [6, 6.07) is 0.491. The van der Waals surface area contributed by atoms with Crippen molar-refractivity contribution in [3.05, 3.63) is 0 Å². The standard InChI is InChI=1S/C12H22N2O2/c1-4-10(13-3)6-5-7-14-11(15)8-9(2)12(14)16/h9-10,13H,4-8H2,1-3H3. The van der Waals surface area contributed by atoms with Gasteiger partial charge in [-0.3, -0.25) is 14.5 Å². The average Bonchev–Trinajstić information content (AvgIpc) is 2.50. The number of nitrogens with one attached hydrogen (secondary N) is 1. The number of nitrogens with zero attached hydrogens (tertiary/aromatic N) is 1. The minimum atomic E-state index is -0.112. The number of carbonyl (C=O) groups excluding carboxylic acids is 2. The van der Waals surface area contributed by atoms with Gasteiger partial charge in [-0.2, -0.15) is 0 Å². The topological polar surface area (TPSA) is 49.4 Å². The van der Waals surface area contributed by atoms with Gasteiger partial charge in [0, 0.05) is 24.9 Å². The Morgan fingerprint density at radius 2 is 2.19 bits per heavy atom. The fraction of sp³-hybridized carbons (Fsp3) is 0.833. The van der Waals surface area contributed by atoms with E-state index in [1.165, 1.54) is 4.90 Å². The molecule has 4 nitrogen and oxygen atoms in total. The third-order valence-corrected chi connectivity index (χ3v) is 3.30. The van der Waals surface area contributed by atoms with Gasteiger partial charge in [-0.15, -0.1) is 0 Å². The lowest BCUT2D eigenvalue weighted by Crippen LogP contribution is -2.32. The maximum atomic E-state index is 11.6. The van der Waals surface area contributed by atoms with Crippen molar-refractivity contribution in [3.63, 3.8) is 0 Å². The fourth-order valence-electron chi connectivity index (χ4n) is 2.13. The van der Waals surface area contributed by atoms with Gasteiger partial charge >= 0.3 is 0 Å². The fourth-order valence-corrected chi connectivity index (χ4v) is 2.13. The van der Waals surface area contributed by atoms with Gasteiger partial charge in [0.05, 0.1) is 0 Å². The molecule has 0 aromatic rings. The first-order valence-electron chi connectivity index (χ1n) is 6.11. The molecule has 0 aromatic heterocycles. The van der Waals surface area contributed by atoms with Crippen LogP contribution in [0.15, 0.2) is 0 Å². The van der Waals surface area contributed by atoms with Crippen LogP contribution in [-0.4, -0.2) is 36.3 Å². The number of amides is 2. The normalized spacial score (nSPS) is 22.9. The van der Waals surface area contributed by atoms with Crippen LogP contribution in [0.3, 0.4) is 0 Å². The highest BCUT2D eigenvalue weighted by molar-refractivity contribution is 6.03. The molecule has 0 aliphatic carbocycles. The molecule has 1 heterocycles. The van der Waals surface area contributed by atoms with Crippen molar-refractivity contribution >= 4 is 11.8 Å². The predicted octanol–water partition coefficient (Wildman–Crippen LogP) is 1.16. The van der Waals surface area contributed by atoms with Gasteiger partial charge in [-0.05, 0) is 26.3 Å². The zero-order chi connectivity index (χ0) is 12.1. The maximum Gasteiger partial charge on any atom is 0.232 e. The van der Waals surface area contributed by atoms with E-state index in [1.807, 2.05) is 14.0 Å². The summed E-state index contributed by atoms with van der Waals surface area (Å²) in [5.74, 6) is -0.115. The van der Waals surface area contributed by atoms with E-state index in [-0.39, 0.29) is 17.7 Å². The Hall–Kier alpha value is -0.900. The molecule has 2 unspecified atom stereocenters. The summed E-state index contributed by atoms with van der Waals surface area (Å²) < 4.78 is 0. The highest BCUT2D eigenvalue weighted by Gasteiger charge is 2.34. The molecule has 1 saturated heterocycles. The molecule has 1 N–H and O–H groups in total. The molecule has 4 heteroatoms. The van der Waals surface area contributed by atoms with E-state index in [0.717, 1.165) is 19.3 Å². The van der Waals surface area contributed by atoms with Crippen molar-refractivity contribution in [2.24, 2.45) is 5.92 Å². The molecule has 1 aliphatic heterocycles. The quantitative estimate of drug-likeness (QED) is 0.691. The van der Waals surface area contributed by atoms with Crippen LogP contribution in [-0.2, 0) is 9.59 Å². The second-order valence-corrected chi connectivity index (χ2v) is 4.52. The summed E-state index contributed by atoms with van der Waals surface area (Å²) in [4.78, 5) is 24.5. The smallest absolute Gasteiger partial charge is 0.232 e. The molecule has 92 valence electrons. The van der Waals surface area contributed by atoms with E-state index in [9.17, 15) is 9.59 Å². The van der Waals surface area contributed by atoms with E-state index in [4.69, 9.17) is 0 Å². The van der Waals surface area contributed by atoms with Gasteiger partial charge in [0.1, 0.15) is 0 Å². The molecule has 0 bridgehead atoms. The van der Waals surface area contributed by atoms with Gasteiger partial charge in [-0.25, -0.2) is 0 Å². The Kier molecular flexibility index (Phi) is 4.93. The molecule has 2 amide bonds. The maximum absolute atomic E-state index is 11.6. The first-order valence-corrected chi connectivity index (χ1v) is 6.11. The van der Waals surface area contributed by atoms with Crippen LogP contribution in [0.5, 0.6) is 0 Å². The van der Waals surface area contributed by atoms with Crippen molar-refractivity contribution in [1.29, 1.82) is 0 Å². The SMILES string of the molecule is CCC(CCCN1C(=O)CC(C)C1=O)NC. The second-order valence-electron chi connectivity index (χ2n) is 4.52. The van der Waals surface area contributed by atoms with Crippen LogP contribution >= 0.6 is 0 Å². The van der Waals surface area contributed by atoms with Gasteiger partial charge in [-0.1, -0.05) is 13.8 Å². The van der Waals surface area contributed by atoms with Gasteiger partial charge < -0.3 is 5.32 Å². The number of likely N-dealkylation sites (tertiary alicyclic amines) is 1. The largest absolute Gasteiger partial charge is 0.317 e. The van der Waals surface area contributed by atoms with E-state index < -0.39 is 0 Å². The molecule has 1 rings (SSSR count). The van der Waals surface area contributed by atoms with Crippen LogP contribution in [0.2, 0.25) is 0 Å². The third-order valence-electron chi connectivity index (χ3n) is 3.30. The lowest BCUT2D eigenvalue weighted by Gasteiger charge is -2.17. The number of hydrogen-bond donors (Lipinski definition) is 1. The number of carbonyl (C=O) groups is 2. The Morgan fingerprint density at radius 1 is 1.50 bits per heavy atom. The molecule has 0 aromatic carbocycles. The Morgan fingerprint density at radius 3 is 2.62 bits per heavy atom. The summed E-state index contributed by atoms with van der Waals surface area (Å²) in [6.07, 6.45) is 3.37. The zero-order valence-electron chi connectivity index (χ0n) is 10.5. The van der Waals surface area contributed by atoms with Crippen LogP contribution in [0.25, 0.3) is 0 Å². The highest BCUT2D eigenvalue weighted by atomic mass is 16.2. The lowest BCUT2D eigenvalue weighted by molar-refractivity contribution is -0.139. The van der Waals surface area contributed by atoms with Crippen molar-refractivity contribution in [2.45, 2.75) is 45.6 Å². The van der Waals surface area contributed by atoms with Crippen LogP contribution < -0.4 is 5.32 Å². The third kappa shape index (κ3) is 3.04. The van der Waals surface area contributed by atoms with Crippen molar-refractivity contribution in [3.8, 4) is 0 Å². The van der Waals surface area contributed by atoms with E-state index in [1.54, 1.807) is 0 Å². The van der Waals surface area contributed by atoms with E-state index >= 15 is 0 Å². The molecule has 2 atom stereocenters. The van der Waals surface area contributed by atoms with Crippen molar-refractivity contribution in [1.82, 2.24) is 10.2 Å². The monoisotopic (exact) mass is 226 g/mol. The summed E-state index contributed by atoms with van der Waals surface area (Å²) in [5, 5.41) is 3.22. The van der Waals surface area contributed by atoms with E-state index in [2.05, 4.69) is 12.2 Å². The summed E-state index contributed by atoms with van der Waals surface area (Å²) in [7, 11) is 1.95. The molecule has 1 aliphatic rings. The first kappa shape index (κ1) is 13.2. The summed E-state index contributed by atoms with van der Waals surface area (Å²) >= 11 is 0. The number of rotatable bonds is 6. The Labute approximate surface area is 97.4 Å². The summed E-state index contributed by atoms with van der Waals surface area (Å²) in [6.45, 7) is 4.54. The number of hydrogen-bond acceptors (Lipinski definition) is 3. The van der Waals surface area contributed by atoms with Crippen LogP contribution in [0.4, 0.5) is 0 Å². The first-order chi connectivity index (χ1) is 7.60. The minimum absolute atomic E-state index is 0.00232. The zero-order valence-corrected chi connectivity index (χ0v) is 10.5. The Bertz CT molecular complexity index is 262. The molecule has 0 spiro atoms. The van der Waals surface area contributed by atoms with Gasteiger partial charge in [0.15, 0.2) is 0 Å². The lowest BCUT2D eigenvalue weighted by atomic mass is 10.1. The highest BCUT2D eigenvalue weighted by Crippen LogP contribution is 2.19. The minimum Gasteiger partial charge on any atom is -0.317 e. The molecule has 0 saturated carbocycles. The van der Waals surface area contributed by atoms with Crippen molar-refractivity contribution in [2.75, 3.05) is 13.6 Å². The van der Waals surface area contributed by atoms with Gasteiger partial charge in [0.2, 0.25) is 11.8 Å². The van der Waals surface area contributed by atoms with E-state index in [0.29, 0.717) is 19.0 Å². The molecule has 1 fully saturated rings. The summed E-state index contributed by atoms with van der Waals surface area (Å²) in [5.41, 5.74) is 0. The molecular weight excluding hydrogens is 204 g/mol. The van der Waals surface area contributed by atoms with Crippen LogP contribution in [0.1, 0.15) is 39.5 Å². The average molecular weight is 226 g/mol. The molecule has 0 radical (unpaired) electrons. The molecular formula is C12H22N2O2. The number of imide groups is 1. The van der Waals surface area contributed by atoms with Crippen molar-refractivity contribution < 1.29 is 9.59 Å².